The molecule has 4 aromatic rings. The van der Waals surface area contributed by atoms with Gasteiger partial charge in [-0.2, -0.15) is 5.10 Å². The smallest absolute Gasteiger partial charge is 0.137 e. The molecule has 1 unspecified atom stereocenters. The van der Waals surface area contributed by atoms with Crippen LogP contribution in [0, 0.1) is 0 Å². The van der Waals surface area contributed by atoms with Crippen molar-refractivity contribution in [2.45, 2.75) is 6.04 Å². The average Bonchev–Trinajstić information content (AvgIpc) is 3.09. The molecule has 5 rings (SSSR count). The Morgan fingerprint density at radius 2 is 1.89 bits per heavy atom. The molecule has 0 spiro atoms. The van der Waals surface area contributed by atoms with Gasteiger partial charge in [-0.25, -0.2) is 9.50 Å². The fourth-order valence-corrected chi connectivity index (χ4v) is 3.77. The summed E-state index contributed by atoms with van der Waals surface area (Å²) < 4.78 is 13.0. The van der Waals surface area contributed by atoms with Crippen LogP contribution in [0.2, 0.25) is 0 Å². The average molecular weight is 358 g/mol. The molecule has 0 radical (unpaired) electrons. The lowest BCUT2D eigenvalue weighted by Crippen LogP contribution is -2.13. The van der Waals surface area contributed by atoms with Gasteiger partial charge in [0.25, 0.3) is 0 Å². The quantitative estimate of drug-likeness (QED) is 0.601. The van der Waals surface area contributed by atoms with Crippen LogP contribution in [-0.4, -0.2) is 28.8 Å². The summed E-state index contributed by atoms with van der Waals surface area (Å²) in [4.78, 5) is 4.59. The largest absolute Gasteiger partial charge is 0.497 e. The van der Waals surface area contributed by atoms with Crippen molar-refractivity contribution in [3.05, 3.63) is 72.2 Å². The van der Waals surface area contributed by atoms with Gasteiger partial charge in [0.05, 0.1) is 25.8 Å². The van der Waals surface area contributed by atoms with E-state index in [-0.39, 0.29) is 6.04 Å². The van der Waals surface area contributed by atoms with Crippen molar-refractivity contribution in [2.75, 3.05) is 19.5 Å². The lowest BCUT2D eigenvalue weighted by Gasteiger charge is -2.22. The zero-order valence-electron chi connectivity index (χ0n) is 15.0. The van der Waals surface area contributed by atoms with Crippen LogP contribution in [0.3, 0.4) is 0 Å². The highest BCUT2D eigenvalue weighted by Crippen LogP contribution is 2.43. The van der Waals surface area contributed by atoms with Crippen molar-refractivity contribution in [2.24, 2.45) is 0 Å². The Balaban J connectivity index is 1.83. The molecule has 1 N–H and O–H groups in total. The Morgan fingerprint density at radius 1 is 1.00 bits per heavy atom. The SMILES string of the molecule is COc1ccc(OC)c(C2Nc3ccccc3-c3ncnn4ccc2c34)c1. The lowest BCUT2D eigenvalue weighted by molar-refractivity contribution is 0.398. The standard InChI is InChI=1S/C21H18N4O2/c1-26-13-7-8-18(27-2)16(11-13)19-15-9-10-25-21(15)20(22-12-23-25)14-5-3-4-6-17(14)24-19/h3-12,19,24H,1-2H3. The summed E-state index contributed by atoms with van der Waals surface area (Å²) >= 11 is 0. The van der Waals surface area contributed by atoms with Crippen LogP contribution in [0.1, 0.15) is 17.2 Å². The molecule has 0 saturated heterocycles. The zero-order chi connectivity index (χ0) is 18.4. The number of nitrogens with zero attached hydrogens (tertiary/aromatic N) is 3. The summed E-state index contributed by atoms with van der Waals surface area (Å²) in [5, 5.41) is 8.06. The molecular formula is C21H18N4O2. The van der Waals surface area contributed by atoms with E-state index in [0.717, 1.165) is 45.1 Å². The van der Waals surface area contributed by atoms with Crippen LogP contribution in [-0.2, 0) is 0 Å². The predicted molar refractivity (Wildman–Crippen MR) is 103 cm³/mol. The van der Waals surface area contributed by atoms with Crippen LogP contribution in [0.5, 0.6) is 11.5 Å². The van der Waals surface area contributed by atoms with E-state index >= 15 is 0 Å². The molecule has 134 valence electrons. The summed E-state index contributed by atoms with van der Waals surface area (Å²) in [6.07, 6.45) is 3.56. The third-order valence-corrected chi connectivity index (χ3v) is 5.03. The highest BCUT2D eigenvalue weighted by atomic mass is 16.5. The maximum Gasteiger partial charge on any atom is 0.137 e. The van der Waals surface area contributed by atoms with Gasteiger partial charge in [0, 0.05) is 28.6 Å². The molecule has 1 aliphatic heterocycles. The minimum Gasteiger partial charge on any atom is -0.497 e. The molecule has 0 bridgehead atoms. The van der Waals surface area contributed by atoms with Gasteiger partial charge in [-0.05, 0) is 30.3 Å². The first kappa shape index (κ1) is 15.7. The monoisotopic (exact) mass is 358 g/mol. The van der Waals surface area contributed by atoms with E-state index in [1.807, 2.05) is 41.0 Å². The number of hydrogen-bond donors (Lipinski definition) is 1. The number of anilines is 1. The van der Waals surface area contributed by atoms with Gasteiger partial charge in [-0.3, -0.25) is 0 Å². The lowest BCUT2D eigenvalue weighted by atomic mass is 9.98. The number of nitrogens with one attached hydrogen (secondary N) is 1. The molecular weight excluding hydrogens is 340 g/mol. The Labute approximate surface area is 156 Å². The van der Waals surface area contributed by atoms with E-state index in [1.165, 1.54) is 0 Å². The highest BCUT2D eigenvalue weighted by molar-refractivity contribution is 5.90. The van der Waals surface area contributed by atoms with E-state index in [4.69, 9.17) is 9.47 Å². The number of para-hydroxylation sites is 1. The maximum absolute atomic E-state index is 5.65. The fraction of sp³-hybridized carbons (Fsp3) is 0.143. The van der Waals surface area contributed by atoms with Gasteiger partial charge in [-0.15, -0.1) is 0 Å². The van der Waals surface area contributed by atoms with Crippen LogP contribution in [0.25, 0.3) is 16.8 Å². The first-order valence-electron chi connectivity index (χ1n) is 8.70. The van der Waals surface area contributed by atoms with Crippen LogP contribution in [0.4, 0.5) is 5.69 Å². The molecule has 0 fully saturated rings. The van der Waals surface area contributed by atoms with E-state index < -0.39 is 0 Å². The molecule has 3 heterocycles. The van der Waals surface area contributed by atoms with E-state index in [1.54, 1.807) is 20.5 Å². The summed E-state index contributed by atoms with van der Waals surface area (Å²) in [6.45, 7) is 0. The zero-order valence-corrected chi connectivity index (χ0v) is 15.0. The van der Waals surface area contributed by atoms with Crippen molar-refractivity contribution in [1.82, 2.24) is 14.6 Å². The first-order valence-corrected chi connectivity index (χ1v) is 8.70. The molecule has 2 aromatic heterocycles. The molecule has 27 heavy (non-hydrogen) atoms. The molecule has 6 nitrogen and oxygen atoms in total. The number of rotatable bonds is 3. The second kappa shape index (κ2) is 6.02. The van der Waals surface area contributed by atoms with Crippen molar-refractivity contribution >= 4 is 11.2 Å². The molecule has 1 atom stereocenters. The molecule has 0 saturated carbocycles. The second-order valence-corrected chi connectivity index (χ2v) is 6.40. The van der Waals surface area contributed by atoms with Crippen LogP contribution in [0.15, 0.2) is 61.1 Å². The van der Waals surface area contributed by atoms with Gasteiger partial charge < -0.3 is 14.8 Å². The van der Waals surface area contributed by atoms with E-state index in [9.17, 15) is 0 Å². The molecule has 0 amide bonds. The van der Waals surface area contributed by atoms with Crippen molar-refractivity contribution < 1.29 is 9.47 Å². The summed E-state index contributed by atoms with van der Waals surface area (Å²) in [7, 11) is 3.35. The minimum atomic E-state index is -0.131. The topological polar surface area (TPSA) is 60.7 Å². The number of methoxy groups -OCH3 is 2. The van der Waals surface area contributed by atoms with Gasteiger partial charge in [-0.1, -0.05) is 18.2 Å². The second-order valence-electron chi connectivity index (χ2n) is 6.40. The van der Waals surface area contributed by atoms with E-state index in [2.05, 4.69) is 33.6 Å². The Hall–Kier alpha value is -3.54. The molecule has 1 aliphatic rings. The van der Waals surface area contributed by atoms with E-state index in [0.29, 0.717) is 0 Å². The number of fused-ring (bicyclic) bond motifs is 2. The van der Waals surface area contributed by atoms with Gasteiger partial charge in [0.15, 0.2) is 0 Å². The van der Waals surface area contributed by atoms with Gasteiger partial charge >= 0.3 is 0 Å². The molecule has 2 aromatic carbocycles. The maximum atomic E-state index is 5.65. The number of benzene rings is 2. The normalized spacial score (nSPS) is 15.0. The number of hydrogen-bond acceptors (Lipinski definition) is 5. The predicted octanol–water partition coefficient (Wildman–Crippen LogP) is 3.93. The fourth-order valence-electron chi connectivity index (χ4n) is 3.77. The van der Waals surface area contributed by atoms with Crippen LogP contribution >= 0.6 is 0 Å². The Bertz CT molecular complexity index is 1150. The minimum absolute atomic E-state index is 0.131. The van der Waals surface area contributed by atoms with Crippen molar-refractivity contribution in [3.63, 3.8) is 0 Å². The van der Waals surface area contributed by atoms with Gasteiger partial charge in [0.1, 0.15) is 23.5 Å². The third kappa shape index (κ3) is 2.33. The van der Waals surface area contributed by atoms with Crippen molar-refractivity contribution in [1.29, 1.82) is 0 Å². The highest BCUT2D eigenvalue weighted by Gasteiger charge is 2.28. The third-order valence-electron chi connectivity index (χ3n) is 5.03. The van der Waals surface area contributed by atoms with Crippen LogP contribution < -0.4 is 14.8 Å². The summed E-state index contributed by atoms with van der Waals surface area (Å²) in [5.74, 6) is 1.58. The Morgan fingerprint density at radius 3 is 2.74 bits per heavy atom. The number of ether oxygens (including phenoxy) is 2. The molecule has 0 aliphatic carbocycles. The van der Waals surface area contributed by atoms with Gasteiger partial charge in [0.2, 0.25) is 0 Å². The number of aromatic nitrogens is 3. The molecule has 6 heteroatoms. The van der Waals surface area contributed by atoms with Crippen molar-refractivity contribution in [3.8, 4) is 22.8 Å². The summed E-state index contributed by atoms with van der Waals surface area (Å²) in [6, 6.07) is 16.0. The Kier molecular flexibility index (Phi) is 3.50. The summed E-state index contributed by atoms with van der Waals surface area (Å²) in [5.41, 5.74) is 6.06. The first-order chi connectivity index (χ1) is 13.3.